The zero-order chi connectivity index (χ0) is 10.0. The Labute approximate surface area is 79.8 Å². The average Bonchev–Trinajstić information content (AvgIpc) is 1.98. The van der Waals surface area contributed by atoms with E-state index in [1.54, 1.807) is 0 Å². The van der Waals surface area contributed by atoms with Crippen LogP contribution < -0.4 is 0 Å². The lowest BCUT2D eigenvalue weighted by Gasteiger charge is -2.10. The third-order valence-electron chi connectivity index (χ3n) is 2.01. The molecule has 0 aromatic rings. The Hall–Kier alpha value is -1.11. The van der Waals surface area contributed by atoms with Gasteiger partial charge in [-0.3, -0.25) is 4.79 Å². The lowest BCUT2D eigenvalue weighted by atomic mass is 9.94. The van der Waals surface area contributed by atoms with Gasteiger partial charge in [-0.2, -0.15) is 0 Å². The Bertz CT molecular complexity index is 290. The number of rotatable bonds is 1. The van der Waals surface area contributed by atoms with Crippen LogP contribution in [-0.2, 0) is 4.79 Å². The van der Waals surface area contributed by atoms with Crippen molar-refractivity contribution < 1.29 is 4.79 Å². The summed E-state index contributed by atoms with van der Waals surface area (Å²) in [7, 11) is 0. The van der Waals surface area contributed by atoms with Crippen molar-refractivity contribution >= 4 is 5.78 Å². The molecule has 0 aromatic carbocycles. The minimum atomic E-state index is 0.168. The Morgan fingerprint density at radius 1 is 1.15 bits per heavy atom. The molecule has 1 rings (SSSR count). The van der Waals surface area contributed by atoms with Crippen LogP contribution in [0.15, 0.2) is 34.9 Å². The first-order valence-electron chi connectivity index (χ1n) is 4.64. The van der Waals surface area contributed by atoms with E-state index in [0.717, 1.165) is 16.7 Å². The van der Waals surface area contributed by atoms with Crippen molar-refractivity contribution in [3.05, 3.63) is 34.9 Å². The number of carbonyl (C=O) groups excluding carboxylic acids is 1. The van der Waals surface area contributed by atoms with Crippen LogP contribution in [0.5, 0.6) is 0 Å². The van der Waals surface area contributed by atoms with Crippen molar-refractivity contribution in [2.45, 2.75) is 27.7 Å². The van der Waals surface area contributed by atoms with E-state index in [2.05, 4.69) is 19.9 Å². The Morgan fingerprint density at radius 3 is 2.00 bits per heavy atom. The molecule has 1 aliphatic carbocycles. The van der Waals surface area contributed by atoms with Crippen LogP contribution in [0.4, 0.5) is 0 Å². The van der Waals surface area contributed by atoms with Crippen LogP contribution in [0, 0.1) is 5.92 Å². The number of allylic oxidation sites excluding steroid dienone is 6. The molecule has 0 saturated heterocycles. The summed E-state index contributed by atoms with van der Waals surface area (Å²) in [6.07, 6.45) is 6.07. The van der Waals surface area contributed by atoms with Gasteiger partial charge in [0, 0.05) is 0 Å². The van der Waals surface area contributed by atoms with E-state index in [4.69, 9.17) is 0 Å². The highest BCUT2D eigenvalue weighted by Crippen LogP contribution is 2.19. The van der Waals surface area contributed by atoms with Gasteiger partial charge >= 0.3 is 0 Å². The fraction of sp³-hybridized carbons (Fsp3) is 0.417. The van der Waals surface area contributed by atoms with E-state index in [9.17, 15) is 4.79 Å². The number of carbonyl (C=O) groups is 1. The molecular weight excluding hydrogens is 160 g/mol. The predicted octanol–water partition coefficient (Wildman–Crippen LogP) is 3.04. The summed E-state index contributed by atoms with van der Waals surface area (Å²) < 4.78 is 0. The number of hydrogen-bond donors (Lipinski definition) is 0. The van der Waals surface area contributed by atoms with Crippen LogP contribution >= 0.6 is 0 Å². The Balaban J connectivity index is 3.00. The first-order valence-corrected chi connectivity index (χ1v) is 4.64. The zero-order valence-corrected chi connectivity index (χ0v) is 8.72. The maximum Gasteiger partial charge on any atom is 0.184 e. The van der Waals surface area contributed by atoms with E-state index >= 15 is 0 Å². The third-order valence-corrected chi connectivity index (χ3v) is 2.01. The largest absolute Gasteiger partial charge is 0.289 e. The van der Waals surface area contributed by atoms with Crippen molar-refractivity contribution in [2.75, 3.05) is 0 Å². The molecule has 0 bridgehead atoms. The lowest BCUT2D eigenvalue weighted by molar-refractivity contribution is -0.112. The molecule has 0 heterocycles. The molecule has 13 heavy (non-hydrogen) atoms. The number of ketones is 1. The summed E-state index contributed by atoms with van der Waals surface area (Å²) in [5.41, 5.74) is 2.84. The summed E-state index contributed by atoms with van der Waals surface area (Å²) in [6.45, 7) is 8.01. The first-order chi connectivity index (χ1) is 6.00. The molecule has 0 N–H and O–H groups in total. The Morgan fingerprint density at radius 2 is 1.62 bits per heavy atom. The van der Waals surface area contributed by atoms with Crippen molar-refractivity contribution in [3.8, 4) is 0 Å². The fourth-order valence-electron chi connectivity index (χ4n) is 1.46. The molecule has 1 aliphatic rings. The molecular formula is C12H16O. The smallest absolute Gasteiger partial charge is 0.184 e. The second-order valence-electron chi connectivity index (χ2n) is 3.89. The van der Waals surface area contributed by atoms with Crippen LogP contribution in [0.1, 0.15) is 27.7 Å². The summed E-state index contributed by atoms with van der Waals surface area (Å²) in [4.78, 5) is 11.4. The molecule has 0 fully saturated rings. The van der Waals surface area contributed by atoms with Gasteiger partial charge in [-0.15, -0.1) is 0 Å². The van der Waals surface area contributed by atoms with Gasteiger partial charge in [0.1, 0.15) is 0 Å². The van der Waals surface area contributed by atoms with Crippen molar-refractivity contribution in [2.24, 2.45) is 5.92 Å². The maximum absolute atomic E-state index is 11.4. The molecule has 0 saturated carbocycles. The highest BCUT2D eigenvalue weighted by atomic mass is 16.1. The van der Waals surface area contributed by atoms with Crippen LogP contribution in [0.3, 0.4) is 0 Å². The predicted molar refractivity (Wildman–Crippen MR) is 55.4 cm³/mol. The van der Waals surface area contributed by atoms with E-state index in [1.807, 2.05) is 26.0 Å². The molecule has 70 valence electrons. The molecule has 1 nitrogen and oxygen atoms in total. The number of hydrogen-bond acceptors (Lipinski definition) is 1. The van der Waals surface area contributed by atoms with Gasteiger partial charge in [-0.25, -0.2) is 0 Å². The minimum Gasteiger partial charge on any atom is -0.289 e. The van der Waals surface area contributed by atoms with E-state index in [0.29, 0.717) is 5.92 Å². The van der Waals surface area contributed by atoms with Gasteiger partial charge in [0.2, 0.25) is 0 Å². The fourth-order valence-corrected chi connectivity index (χ4v) is 1.46. The monoisotopic (exact) mass is 176 g/mol. The van der Waals surface area contributed by atoms with Gasteiger partial charge in [-0.1, -0.05) is 19.9 Å². The molecule has 0 radical (unpaired) electrons. The van der Waals surface area contributed by atoms with Crippen LogP contribution in [-0.4, -0.2) is 5.78 Å². The average molecular weight is 176 g/mol. The standard InChI is InChI=1S/C12H16O/c1-8(2)5-11-6-9(3)12(13)10(4)7-11/h5-8H,1-4H3. The van der Waals surface area contributed by atoms with Gasteiger partial charge < -0.3 is 0 Å². The second-order valence-corrected chi connectivity index (χ2v) is 3.89. The lowest BCUT2D eigenvalue weighted by Crippen LogP contribution is -2.06. The van der Waals surface area contributed by atoms with E-state index in [1.165, 1.54) is 0 Å². The summed E-state index contributed by atoms with van der Waals surface area (Å²) in [5, 5.41) is 0. The van der Waals surface area contributed by atoms with Gasteiger partial charge in [0.15, 0.2) is 5.78 Å². The van der Waals surface area contributed by atoms with Gasteiger partial charge in [0.25, 0.3) is 0 Å². The first kappa shape index (κ1) is 9.97. The molecule has 1 heteroatoms. The molecule has 0 unspecified atom stereocenters. The molecule has 0 aromatic heterocycles. The highest BCUT2D eigenvalue weighted by molar-refractivity contribution is 6.09. The van der Waals surface area contributed by atoms with Crippen molar-refractivity contribution in [3.63, 3.8) is 0 Å². The SMILES string of the molecule is CC1=CC(=CC(C)C)C=C(C)C1=O. The molecule has 0 atom stereocenters. The summed E-state index contributed by atoms with van der Waals surface area (Å²) >= 11 is 0. The van der Waals surface area contributed by atoms with E-state index < -0.39 is 0 Å². The second kappa shape index (κ2) is 3.73. The Kier molecular flexibility index (Phi) is 2.86. The summed E-state index contributed by atoms with van der Waals surface area (Å²) in [5.74, 6) is 0.692. The third kappa shape index (κ3) is 2.41. The van der Waals surface area contributed by atoms with E-state index in [-0.39, 0.29) is 5.78 Å². The van der Waals surface area contributed by atoms with Gasteiger partial charge in [-0.05, 0) is 48.6 Å². The van der Waals surface area contributed by atoms with Crippen LogP contribution in [0.25, 0.3) is 0 Å². The molecule has 0 aliphatic heterocycles. The topological polar surface area (TPSA) is 17.1 Å². The van der Waals surface area contributed by atoms with Gasteiger partial charge in [0.05, 0.1) is 0 Å². The molecule has 0 amide bonds. The van der Waals surface area contributed by atoms with Crippen molar-refractivity contribution in [1.82, 2.24) is 0 Å². The van der Waals surface area contributed by atoms with Crippen LogP contribution in [0.2, 0.25) is 0 Å². The quantitative estimate of drug-likeness (QED) is 0.600. The number of Topliss-reactive ketones (excluding diaryl/α,β-unsaturated/α-hetero) is 1. The molecule has 0 spiro atoms. The normalized spacial score (nSPS) is 17.3. The van der Waals surface area contributed by atoms with Crippen molar-refractivity contribution in [1.29, 1.82) is 0 Å². The zero-order valence-electron chi connectivity index (χ0n) is 8.72. The maximum atomic E-state index is 11.4. The summed E-state index contributed by atoms with van der Waals surface area (Å²) in [6, 6.07) is 0. The highest BCUT2D eigenvalue weighted by Gasteiger charge is 2.12. The minimum absolute atomic E-state index is 0.168.